The molecule has 8 nitrogen and oxygen atoms in total. The molecule has 3 aromatic rings. The number of hydrogen-bond acceptors (Lipinski definition) is 6. The van der Waals surface area contributed by atoms with Gasteiger partial charge in [-0.1, -0.05) is 32.3 Å². The maximum atomic E-state index is 12.3. The van der Waals surface area contributed by atoms with Crippen molar-refractivity contribution in [1.82, 2.24) is 29.8 Å². The van der Waals surface area contributed by atoms with Crippen LogP contribution in [-0.4, -0.2) is 31.0 Å². The van der Waals surface area contributed by atoms with Crippen molar-refractivity contribution in [2.45, 2.75) is 52.6 Å². The number of rotatable bonds is 9. The molecule has 8 heteroatoms. The molecule has 0 aliphatic rings. The zero-order valence-electron chi connectivity index (χ0n) is 16.0. The zero-order valence-corrected chi connectivity index (χ0v) is 16.0. The number of pyridine rings is 1. The molecular weight excluding hydrogens is 342 g/mol. The quantitative estimate of drug-likeness (QED) is 0.498. The normalized spacial score (nSPS) is 11.3. The number of unbranched alkanes of at least 4 members (excludes halogenated alkanes) is 3. The number of fused-ring (bicyclic) bond motifs is 1. The number of aryl methyl sites for hydroxylation is 1. The lowest BCUT2D eigenvalue weighted by atomic mass is 10.2. The van der Waals surface area contributed by atoms with Gasteiger partial charge in [-0.3, -0.25) is 9.55 Å². The Hall–Kier alpha value is -2.74. The summed E-state index contributed by atoms with van der Waals surface area (Å²) in [7, 11) is 0. The largest absolute Gasteiger partial charge is 0.382 e. The van der Waals surface area contributed by atoms with Gasteiger partial charge in [0.1, 0.15) is 11.3 Å². The summed E-state index contributed by atoms with van der Waals surface area (Å²) in [5.74, 6) is 0.818. The highest BCUT2D eigenvalue weighted by Crippen LogP contribution is 2.15. The summed E-state index contributed by atoms with van der Waals surface area (Å²) in [6, 6.07) is 3.98. The van der Waals surface area contributed by atoms with Crippen LogP contribution in [0.2, 0.25) is 0 Å². The van der Waals surface area contributed by atoms with Crippen molar-refractivity contribution in [2.75, 3.05) is 12.3 Å². The molecule has 0 amide bonds. The van der Waals surface area contributed by atoms with Crippen LogP contribution in [0.1, 0.15) is 49.7 Å². The fraction of sp³-hybridized carbons (Fsp3) is 0.474. The molecule has 0 aliphatic heterocycles. The number of aromatic amines is 1. The summed E-state index contributed by atoms with van der Waals surface area (Å²) in [6.07, 6.45) is 6.80. The topological polar surface area (TPSA) is 115 Å². The van der Waals surface area contributed by atoms with Gasteiger partial charge in [0, 0.05) is 12.7 Å². The summed E-state index contributed by atoms with van der Waals surface area (Å²) in [5.41, 5.74) is 8.54. The predicted octanol–water partition coefficient (Wildman–Crippen LogP) is 2.12. The van der Waals surface area contributed by atoms with Gasteiger partial charge in [-0.2, -0.15) is 0 Å². The van der Waals surface area contributed by atoms with E-state index in [2.05, 4.69) is 32.2 Å². The number of nitrogens with two attached hydrogens (primary N) is 1. The molecule has 0 spiro atoms. The molecule has 0 unspecified atom stereocenters. The molecule has 3 aromatic heterocycles. The summed E-state index contributed by atoms with van der Waals surface area (Å²) >= 11 is 0. The zero-order chi connectivity index (χ0) is 19.2. The molecule has 27 heavy (non-hydrogen) atoms. The van der Waals surface area contributed by atoms with E-state index in [9.17, 15) is 4.79 Å². The van der Waals surface area contributed by atoms with Crippen LogP contribution in [0.3, 0.4) is 0 Å². The van der Waals surface area contributed by atoms with Gasteiger partial charge in [-0.15, -0.1) is 0 Å². The lowest BCUT2D eigenvalue weighted by Crippen LogP contribution is -2.18. The highest BCUT2D eigenvalue weighted by Gasteiger charge is 2.13. The van der Waals surface area contributed by atoms with E-state index < -0.39 is 0 Å². The lowest BCUT2D eigenvalue weighted by molar-refractivity contribution is 0.593. The second-order valence-corrected chi connectivity index (χ2v) is 6.77. The van der Waals surface area contributed by atoms with Crippen LogP contribution in [0.5, 0.6) is 0 Å². The number of nitrogens with one attached hydrogen (secondary N) is 2. The van der Waals surface area contributed by atoms with Crippen molar-refractivity contribution in [3.63, 3.8) is 0 Å². The molecule has 0 radical (unpaired) electrons. The fourth-order valence-corrected chi connectivity index (χ4v) is 3.04. The van der Waals surface area contributed by atoms with Crippen molar-refractivity contribution in [1.29, 1.82) is 0 Å². The molecule has 3 rings (SSSR count). The molecule has 3 heterocycles. The lowest BCUT2D eigenvalue weighted by Gasteiger charge is -2.07. The molecule has 0 aromatic carbocycles. The monoisotopic (exact) mass is 369 g/mol. The minimum Gasteiger partial charge on any atom is -0.382 e. The van der Waals surface area contributed by atoms with E-state index in [1.807, 2.05) is 12.1 Å². The maximum absolute atomic E-state index is 12.3. The van der Waals surface area contributed by atoms with E-state index in [0.29, 0.717) is 23.5 Å². The summed E-state index contributed by atoms with van der Waals surface area (Å²) in [6.45, 7) is 6.11. The molecule has 0 bridgehead atoms. The number of anilines is 1. The Bertz CT molecular complexity index is 943. The number of nitrogen functional groups attached to an aromatic ring is 1. The molecule has 0 saturated heterocycles. The van der Waals surface area contributed by atoms with E-state index in [0.717, 1.165) is 24.3 Å². The summed E-state index contributed by atoms with van der Waals surface area (Å²) < 4.78 is 1.56. The molecule has 4 N–H and O–H groups in total. The van der Waals surface area contributed by atoms with Crippen molar-refractivity contribution < 1.29 is 0 Å². The molecular formula is C19H27N7O. The fourth-order valence-electron chi connectivity index (χ4n) is 3.04. The van der Waals surface area contributed by atoms with E-state index in [4.69, 9.17) is 5.73 Å². The third-order valence-corrected chi connectivity index (χ3v) is 4.50. The molecule has 144 valence electrons. The minimum absolute atomic E-state index is 0.255. The number of imidazole rings is 1. The standard InChI is InChI=1S/C19H27N7O/c1-3-4-5-6-9-21-11-15-8-7-14(10-22-15)12-26-18-16(25-19(26)27)17(20)23-13(2)24-18/h7-8,10,21H,3-6,9,11-12H2,1-2H3,(H,25,27)(H2,20,23,24). The average Bonchev–Trinajstić information content (AvgIpc) is 2.96. The van der Waals surface area contributed by atoms with Gasteiger partial charge in [-0.25, -0.2) is 14.8 Å². The first kappa shape index (κ1) is 19.0. The van der Waals surface area contributed by atoms with Gasteiger partial charge in [0.05, 0.1) is 12.2 Å². The minimum atomic E-state index is -0.255. The van der Waals surface area contributed by atoms with Gasteiger partial charge in [-0.05, 0) is 31.5 Å². The van der Waals surface area contributed by atoms with Crippen molar-refractivity contribution in [3.05, 3.63) is 45.9 Å². The highest BCUT2D eigenvalue weighted by atomic mass is 16.1. The Morgan fingerprint density at radius 1 is 1.22 bits per heavy atom. The van der Waals surface area contributed by atoms with Gasteiger partial charge >= 0.3 is 5.69 Å². The Kier molecular flexibility index (Phi) is 6.18. The van der Waals surface area contributed by atoms with Crippen LogP contribution in [0.4, 0.5) is 5.82 Å². The van der Waals surface area contributed by atoms with E-state index >= 15 is 0 Å². The van der Waals surface area contributed by atoms with Gasteiger partial charge in [0.15, 0.2) is 11.5 Å². The van der Waals surface area contributed by atoms with Crippen molar-refractivity contribution in [2.24, 2.45) is 0 Å². The first-order valence-electron chi connectivity index (χ1n) is 9.45. The Morgan fingerprint density at radius 3 is 2.81 bits per heavy atom. The summed E-state index contributed by atoms with van der Waals surface area (Å²) in [5, 5.41) is 3.42. The van der Waals surface area contributed by atoms with Gasteiger partial charge in [0.2, 0.25) is 0 Å². The molecule has 0 saturated carbocycles. The van der Waals surface area contributed by atoms with Crippen LogP contribution < -0.4 is 16.7 Å². The average molecular weight is 369 g/mol. The maximum Gasteiger partial charge on any atom is 0.328 e. The van der Waals surface area contributed by atoms with Gasteiger partial charge < -0.3 is 16.0 Å². The van der Waals surface area contributed by atoms with Crippen LogP contribution >= 0.6 is 0 Å². The second-order valence-electron chi connectivity index (χ2n) is 6.77. The van der Waals surface area contributed by atoms with Crippen molar-refractivity contribution >= 4 is 17.0 Å². The third-order valence-electron chi connectivity index (χ3n) is 4.50. The second kappa shape index (κ2) is 8.77. The first-order valence-corrected chi connectivity index (χ1v) is 9.45. The van der Waals surface area contributed by atoms with E-state index in [1.165, 1.54) is 25.7 Å². The number of nitrogens with zero attached hydrogens (tertiary/aromatic N) is 4. The molecule has 0 atom stereocenters. The van der Waals surface area contributed by atoms with E-state index in [-0.39, 0.29) is 11.5 Å². The van der Waals surface area contributed by atoms with Crippen LogP contribution in [-0.2, 0) is 13.1 Å². The number of aromatic nitrogens is 5. The van der Waals surface area contributed by atoms with Crippen LogP contribution in [0.25, 0.3) is 11.2 Å². The third kappa shape index (κ3) is 4.71. The Labute approximate surface area is 158 Å². The SMILES string of the molecule is CCCCCCNCc1ccc(Cn2c(=O)[nH]c3c(N)nc(C)nc32)cn1. The molecule has 0 fully saturated rings. The Balaban J connectivity index is 1.64. The summed E-state index contributed by atoms with van der Waals surface area (Å²) in [4.78, 5) is 27.9. The smallest absolute Gasteiger partial charge is 0.328 e. The van der Waals surface area contributed by atoms with Gasteiger partial charge in [0.25, 0.3) is 0 Å². The molecule has 0 aliphatic carbocycles. The number of H-pyrrole nitrogens is 1. The first-order chi connectivity index (χ1) is 13.1. The number of hydrogen-bond donors (Lipinski definition) is 3. The van der Waals surface area contributed by atoms with Crippen molar-refractivity contribution in [3.8, 4) is 0 Å². The highest BCUT2D eigenvalue weighted by molar-refractivity contribution is 5.81. The Morgan fingerprint density at radius 2 is 2.07 bits per heavy atom. The van der Waals surface area contributed by atoms with E-state index in [1.54, 1.807) is 17.7 Å². The predicted molar refractivity (Wildman–Crippen MR) is 106 cm³/mol. The van der Waals surface area contributed by atoms with Crippen LogP contribution in [0.15, 0.2) is 23.1 Å². The van der Waals surface area contributed by atoms with Crippen LogP contribution in [0, 0.1) is 6.92 Å².